The fourth-order valence-corrected chi connectivity index (χ4v) is 3.90. The Bertz CT molecular complexity index is 1550. The van der Waals surface area contributed by atoms with Crippen LogP contribution in [0.25, 0.3) is 11.3 Å². The van der Waals surface area contributed by atoms with E-state index in [4.69, 9.17) is 23.2 Å². The normalized spacial score (nSPS) is 15.0. The van der Waals surface area contributed by atoms with Gasteiger partial charge in [-0.2, -0.15) is 10.2 Å². The Labute approximate surface area is 214 Å². The van der Waals surface area contributed by atoms with Crippen LogP contribution in [0.2, 0.25) is 5.15 Å². The molecule has 176 valence electrons. The van der Waals surface area contributed by atoms with Gasteiger partial charge in [0.1, 0.15) is 11.9 Å². The van der Waals surface area contributed by atoms with Crippen molar-refractivity contribution in [3.8, 4) is 17.0 Å². The summed E-state index contributed by atoms with van der Waals surface area (Å²) in [6.45, 7) is -4.08. The Kier molecular flexibility index (Phi) is 5.26. The van der Waals surface area contributed by atoms with Crippen LogP contribution in [0.4, 0.5) is 10.2 Å². The number of aryl methyl sites for hydroxylation is 1. The minimum Gasteiger partial charge on any atom is -0.478 e. The number of hydrogen-bond donors (Lipinski definition) is 0. The van der Waals surface area contributed by atoms with E-state index in [2.05, 4.69) is 31.1 Å². The van der Waals surface area contributed by atoms with Gasteiger partial charge in [0, 0.05) is 45.6 Å². The molecule has 0 aliphatic rings. The molecule has 0 radical (unpaired) electrons. The zero-order valence-electron chi connectivity index (χ0n) is 22.4. The molecule has 0 aliphatic carbocycles. The molecule has 3 aromatic heterocycles. The van der Waals surface area contributed by atoms with Gasteiger partial charge in [-0.05, 0) is 57.8 Å². The van der Waals surface area contributed by atoms with Crippen molar-refractivity contribution in [3.63, 3.8) is 0 Å². The Morgan fingerprint density at radius 3 is 2.97 bits per heavy atom. The maximum atomic E-state index is 14.4. The van der Waals surface area contributed by atoms with Gasteiger partial charge in [-0.1, -0.05) is 11.6 Å². The van der Waals surface area contributed by atoms with E-state index in [1.165, 1.54) is 53.6 Å². The number of nitro groups is 1. The van der Waals surface area contributed by atoms with Crippen LogP contribution in [0.5, 0.6) is 5.75 Å². The lowest BCUT2D eigenvalue weighted by atomic mass is 10.00. The first-order valence-electron chi connectivity index (χ1n) is 12.2. The molecule has 34 heavy (non-hydrogen) atoms. The average Bonchev–Trinajstić information content (AvgIpc) is 3.45. The summed E-state index contributed by atoms with van der Waals surface area (Å²) in [6, 6.07) is 6.85. The molecule has 4 rings (SSSR count). The Hall–Kier alpha value is -3.31. The lowest BCUT2D eigenvalue weighted by Gasteiger charge is -2.19. The fourth-order valence-electron chi connectivity index (χ4n) is 3.39. The monoisotopic (exact) mass is 553 g/mol. The number of hydrogen-bond acceptors (Lipinski definition) is 6. The molecule has 0 saturated heterocycles. The van der Waals surface area contributed by atoms with Crippen LogP contribution in [0.1, 0.15) is 37.9 Å². The van der Waals surface area contributed by atoms with Gasteiger partial charge in [0.25, 0.3) is 0 Å². The van der Waals surface area contributed by atoms with Crippen molar-refractivity contribution < 1.29 is 20.9 Å². The first-order valence-corrected chi connectivity index (χ1v) is 10.9. The van der Waals surface area contributed by atoms with Crippen LogP contribution < -0.4 is 4.74 Å². The predicted molar refractivity (Wildman–Crippen MR) is 127 cm³/mol. The number of ether oxygens (including phenoxy) is 1. The van der Waals surface area contributed by atoms with Gasteiger partial charge >= 0.3 is 5.82 Å². The summed E-state index contributed by atoms with van der Waals surface area (Å²) in [4.78, 5) is 14.5. The number of halogens is 3. The Morgan fingerprint density at radius 2 is 2.21 bits per heavy atom. The van der Waals surface area contributed by atoms with E-state index < -0.39 is 36.0 Å². The number of benzene rings is 1. The maximum absolute atomic E-state index is 14.4. The molecule has 0 N–H and O–H groups in total. The molecule has 1 atom stereocenters. The van der Waals surface area contributed by atoms with Crippen molar-refractivity contribution in [3.05, 3.63) is 85.6 Å². The van der Waals surface area contributed by atoms with E-state index in [-0.39, 0.29) is 17.4 Å². The van der Waals surface area contributed by atoms with Crippen molar-refractivity contribution in [2.45, 2.75) is 32.9 Å². The zero-order chi connectivity index (χ0) is 28.7. The largest absolute Gasteiger partial charge is 0.478 e. The summed E-state index contributed by atoms with van der Waals surface area (Å²) in [5, 5.41) is 19.7. The third kappa shape index (κ3) is 5.10. The highest BCUT2D eigenvalue weighted by Crippen LogP contribution is 2.36. The molecule has 0 amide bonds. The Morgan fingerprint density at radius 1 is 1.38 bits per heavy atom. The van der Waals surface area contributed by atoms with E-state index in [0.717, 1.165) is 4.68 Å². The van der Waals surface area contributed by atoms with E-state index in [0.29, 0.717) is 26.9 Å². The fraction of sp³-hybridized carbons (Fsp3) is 0.227. The molecule has 9 nitrogen and oxygen atoms in total. The molecule has 12 heteroatoms. The number of aromatic nitrogens is 5. The minimum atomic E-state index is -2.95. The molecule has 0 bridgehead atoms. The van der Waals surface area contributed by atoms with E-state index in [1.54, 1.807) is 6.92 Å². The SMILES string of the molecule is [2H]C([2H])([2H])C([2H])([2H])n1cc(Cn2nc(Cl)cc2-c2ccc(F)cc2[C@@H](C)Oc2cc(Br)cnc2[N+](=O)[O-])cn1. The molecular formula is C22H19BrClFN6O3. The topological polar surface area (TPSA) is 101 Å². The second-order valence-corrected chi connectivity index (χ2v) is 8.44. The van der Waals surface area contributed by atoms with Crippen LogP contribution in [0, 0.1) is 15.9 Å². The second-order valence-electron chi connectivity index (χ2n) is 7.14. The molecule has 1 aromatic carbocycles. The third-order valence-electron chi connectivity index (χ3n) is 4.84. The summed E-state index contributed by atoms with van der Waals surface area (Å²) in [5.74, 6) is -1.21. The van der Waals surface area contributed by atoms with Gasteiger partial charge in [-0.25, -0.2) is 4.39 Å². The molecule has 0 unspecified atom stereocenters. The molecule has 0 spiro atoms. The molecule has 0 saturated carbocycles. The van der Waals surface area contributed by atoms with Crippen LogP contribution in [0.15, 0.2) is 53.4 Å². The lowest BCUT2D eigenvalue weighted by Crippen LogP contribution is -2.10. The van der Waals surface area contributed by atoms with Gasteiger partial charge in [0.15, 0.2) is 11.3 Å². The summed E-state index contributed by atoms with van der Waals surface area (Å²) < 4.78 is 61.0. The summed E-state index contributed by atoms with van der Waals surface area (Å²) in [6.07, 6.45) is 2.93. The number of rotatable bonds is 8. The van der Waals surface area contributed by atoms with Crippen molar-refractivity contribution in [2.24, 2.45) is 0 Å². The van der Waals surface area contributed by atoms with Gasteiger partial charge < -0.3 is 14.9 Å². The van der Waals surface area contributed by atoms with Gasteiger partial charge in [-0.15, -0.1) is 0 Å². The zero-order valence-corrected chi connectivity index (χ0v) is 19.8. The number of pyridine rings is 1. The van der Waals surface area contributed by atoms with E-state index in [1.807, 2.05) is 0 Å². The lowest BCUT2D eigenvalue weighted by molar-refractivity contribution is -0.390. The van der Waals surface area contributed by atoms with Crippen molar-refractivity contribution in [2.75, 3.05) is 0 Å². The van der Waals surface area contributed by atoms with Gasteiger partial charge in [-0.3, -0.25) is 9.36 Å². The van der Waals surface area contributed by atoms with Gasteiger partial charge in [0.05, 0.1) is 25.6 Å². The van der Waals surface area contributed by atoms with Crippen molar-refractivity contribution in [1.29, 1.82) is 0 Å². The van der Waals surface area contributed by atoms with Crippen LogP contribution in [-0.4, -0.2) is 29.5 Å². The van der Waals surface area contributed by atoms with Crippen LogP contribution in [0.3, 0.4) is 0 Å². The standard InChI is InChI=1S/C22H19BrClFN6O3/c1-3-29-11-14(9-27-29)12-30-19(8-21(24)28-30)17-5-4-16(25)7-18(17)13(2)34-20-6-15(23)10-26-22(20)31(32)33/h4-11,13H,3,12H2,1-2H3/t13-/m1/s1/i1D3,3D2. The summed E-state index contributed by atoms with van der Waals surface area (Å²) in [5.41, 5.74) is 1.64. The number of nitrogens with zero attached hydrogens (tertiary/aromatic N) is 6. The maximum Gasteiger partial charge on any atom is 0.406 e. The van der Waals surface area contributed by atoms with E-state index in [9.17, 15) is 14.5 Å². The summed E-state index contributed by atoms with van der Waals surface area (Å²) in [7, 11) is 0. The van der Waals surface area contributed by atoms with Crippen LogP contribution in [-0.2, 0) is 13.0 Å². The van der Waals surface area contributed by atoms with Gasteiger partial charge in [0.2, 0.25) is 5.75 Å². The summed E-state index contributed by atoms with van der Waals surface area (Å²) >= 11 is 9.41. The molecule has 0 fully saturated rings. The highest BCUT2D eigenvalue weighted by atomic mass is 79.9. The first kappa shape index (κ1) is 18.1. The predicted octanol–water partition coefficient (Wildman–Crippen LogP) is 5.81. The molecule has 4 aromatic rings. The van der Waals surface area contributed by atoms with Crippen molar-refractivity contribution >= 4 is 33.3 Å². The van der Waals surface area contributed by atoms with E-state index >= 15 is 0 Å². The minimum absolute atomic E-state index is 0.0201. The second kappa shape index (κ2) is 9.90. The first-order chi connectivity index (χ1) is 18.2. The van der Waals surface area contributed by atoms with Crippen molar-refractivity contribution in [1.82, 2.24) is 24.5 Å². The molecule has 3 heterocycles. The smallest absolute Gasteiger partial charge is 0.406 e. The van der Waals surface area contributed by atoms with Crippen LogP contribution >= 0.6 is 27.5 Å². The molecular weight excluding hydrogens is 531 g/mol. The highest BCUT2D eigenvalue weighted by molar-refractivity contribution is 9.10. The molecule has 0 aliphatic heterocycles. The quantitative estimate of drug-likeness (QED) is 0.201. The third-order valence-corrected chi connectivity index (χ3v) is 5.46. The highest BCUT2D eigenvalue weighted by Gasteiger charge is 2.24. The Balaban J connectivity index is 1.71. The average molecular weight is 555 g/mol.